The van der Waals surface area contributed by atoms with Crippen LogP contribution in [-0.2, 0) is 16.0 Å². The minimum absolute atomic E-state index is 0.00204. The van der Waals surface area contributed by atoms with E-state index in [1.165, 1.54) is 5.56 Å². The number of nitrogens with one attached hydrogen (secondary N) is 1. The lowest BCUT2D eigenvalue weighted by atomic mass is 9.93. The van der Waals surface area contributed by atoms with Crippen molar-refractivity contribution in [1.82, 2.24) is 5.32 Å². The number of aliphatic hydroxyl groups excluding tert-OH is 1. The smallest absolute Gasteiger partial charge is 0.223 e. The van der Waals surface area contributed by atoms with Crippen molar-refractivity contribution in [1.29, 1.82) is 0 Å². The first kappa shape index (κ1) is 19.4. The van der Waals surface area contributed by atoms with E-state index in [0.717, 1.165) is 32.1 Å². The Bertz CT molecular complexity index is 473. The summed E-state index contributed by atoms with van der Waals surface area (Å²) < 4.78 is 0. The third kappa shape index (κ3) is 7.42. The maximum Gasteiger partial charge on any atom is 0.223 e. The Balaban J connectivity index is 2.27. The molecule has 4 nitrogen and oxygen atoms in total. The van der Waals surface area contributed by atoms with Crippen molar-refractivity contribution in [2.24, 2.45) is 11.8 Å². The molecule has 0 aliphatic heterocycles. The lowest BCUT2D eigenvalue weighted by Gasteiger charge is -2.16. The Labute approximate surface area is 139 Å². The summed E-state index contributed by atoms with van der Waals surface area (Å²) in [6.45, 7) is 4.11. The van der Waals surface area contributed by atoms with Crippen molar-refractivity contribution in [2.45, 2.75) is 46.0 Å². The average molecular weight is 319 g/mol. The molecule has 1 aromatic rings. The Morgan fingerprint density at radius 3 is 2.48 bits per heavy atom. The standard InChI is InChI=1S/C19H29NO3/c1-3-17(11-7-8-15(2)18(22)14-21)19(23)20-13-12-16-9-5-4-6-10-16/h4-6,9-10,15,17,21H,3,7-8,11-14H2,1-2H3,(H,20,23). The summed E-state index contributed by atoms with van der Waals surface area (Å²) in [7, 11) is 0. The molecule has 1 aromatic carbocycles. The van der Waals surface area contributed by atoms with Crippen LogP contribution >= 0.6 is 0 Å². The topological polar surface area (TPSA) is 66.4 Å². The Kier molecular flexibility index (Phi) is 9.22. The summed E-state index contributed by atoms with van der Waals surface area (Å²) in [5, 5.41) is 11.8. The van der Waals surface area contributed by atoms with E-state index in [1.807, 2.05) is 32.0 Å². The minimum Gasteiger partial charge on any atom is -0.389 e. The van der Waals surface area contributed by atoms with Gasteiger partial charge in [0.1, 0.15) is 6.61 Å². The van der Waals surface area contributed by atoms with Gasteiger partial charge in [0.25, 0.3) is 0 Å². The molecule has 0 heterocycles. The number of rotatable bonds is 11. The molecule has 0 saturated heterocycles. The van der Waals surface area contributed by atoms with E-state index in [4.69, 9.17) is 5.11 Å². The van der Waals surface area contributed by atoms with Gasteiger partial charge in [0.05, 0.1) is 0 Å². The van der Waals surface area contributed by atoms with Crippen molar-refractivity contribution in [3.63, 3.8) is 0 Å². The molecule has 128 valence electrons. The molecule has 0 radical (unpaired) electrons. The number of carbonyl (C=O) groups excluding carboxylic acids is 2. The predicted octanol–water partition coefficient (Wildman–Crippen LogP) is 2.74. The molecule has 4 heteroatoms. The van der Waals surface area contributed by atoms with Gasteiger partial charge in [-0.15, -0.1) is 0 Å². The molecule has 0 fully saturated rings. The third-order valence-corrected chi connectivity index (χ3v) is 4.31. The molecule has 23 heavy (non-hydrogen) atoms. The van der Waals surface area contributed by atoms with E-state index < -0.39 is 6.61 Å². The van der Waals surface area contributed by atoms with Gasteiger partial charge < -0.3 is 10.4 Å². The Morgan fingerprint density at radius 1 is 1.17 bits per heavy atom. The quantitative estimate of drug-likeness (QED) is 0.659. The molecule has 0 saturated carbocycles. The normalized spacial score (nSPS) is 13.3. The fourth-order valence-electron chi connectivity index (χ4n) is 2.63. The van der Waals surface area contributed by atoms with E-state index in [9.17, 15) is 9.59 Å². The lowest BCUT2D eigenvalue weighted by Crippen LogP contribution is -2.32. The van der Waals surface area contributed by atoms with Crippen LogP contribution in [0.15, 0.2) is 30.3 Å². The Hall–Kier alpha value is -1.68. The molecule has 2 unspecified atom stereocenters. The molecule has 0 spiro atoms. The van der Waals surface area contributed by atoms with Gasteiger partial charge in [0.2, 0.25) is 5.91 Å². The van der Waals surface area contributed by atoms with Crippen molar-refractivity contribution < 1.29 is 14.7 Å². The average Bonchev–Trinajstić information content (AvgIpc) is 2.58. The zero-order valence-corrected chi connectivity index (χ0v) is 14.3. The molecule has 2 N–H and O–H groups in total. The number of Topliss-reactive ketones (excluding diaryl/α,β-unsaturated/α-hetero) is 1. The summed E-state index contributed by atoms with van der Waals surface area (Å²) in [4.78, 5) is 23.5. The molecule has 0 aliphatic rings. The van der Waals surface area contributed by atoms with Crippen LogP contribution in [0.4, 0.5) is 0 Å². The molecule has 1 amide bonds. The van der Waals surface area contributed by atoms with Crippen molar-refractivity contribution in [3.8, 4) is 0 Å². The van der Waals surface area contributed by atoms with Crippen LogP contribution < -0.4 is 5.32 Å². The molecule has 0 aliphatic carbocycles. The van der Waals surface area contributed by atoms with Crippen LogP contribution in [0.2, 0.25) is 0 Å². The summed E-state index contributed by atoms with van der Waals surface area (Å²) in [5.41, 5.74) is 1.22. The van der Waals surface area contributed by atoms with E-state index >= 15 is 0 Å². The molecule has 1 rings (SSSR count). The van der Waals surface area contributed by atoms with Crippen LogP contribution in [0.5, 0.6) is 0 Å². The summed E-state index contributed by atoms with van der Waals surface area (Å²) >= 11 is 0. The van der Waals surface area contributed by atoms with E-state index in [0.29, 0.717) is 6.54 Å². The van der Waals surface area contributed by atoms with Gasteiger partial charge in [0, 0.05) is 18.4 Å². The van der Waals surface area contributed by atoms with Crippen LogP contribution in [0.1, 0.15) is 45.1 Å². The highest BCUT2D eigenvalue weighted by molar-refractivity contribution is 5.81. The second kappa shape index (κ2) is 10.9. The van der Waals surface area contributed by atoms with Gasteiger partial charge >= 0.3 is 0 Å². The highest BCUT2D eigenvalue weighted by Gasteiger charge is 2.17. The van der Waals surface area contributed by atoms with Crippen molar-refractivity contribution in [2.75, 3.05) is 13.2 Å². The maximum atomic E-state index is 12.2. The van der Waals surface area contributed by atoms with Crippen LogP contribution in [0.25, 0.3) is 0 Å². The summed E-state index contributed by atoms with van der Waals surface area (Å²) in [6, 6.07) is 10.1. The number of carbonyl (C=O) groups is 2. The molecule has 0 bridgehead atoms. The zero-order chi connectivity index (χ0) is 17.1. The first-order chi connectivity index (χ1) is 11.1. The number of aliphatic hydroxyl groups is 1. The van der Waals surface area contributed by atoms with Crippen LogP contribution in [0, 0.1) is 11.8 Å². The second-order valence-electron chi connectivity index (χ2n) is 6.09. The van der Waals surface area contributed by atoms with E-state index in [1.54, 1.807) is 0 Å². The third-order valence-electron chi connectivity index (χ3n) is 4.31. The second-order valence-corrected chi connectivity index (χ2v) is 6.09. The number of ketones is 1. The van der Waals surface area contributed by atoms with Crippen LogP contribution in [-0.4, -0.2) is 29.9 Å². The van der Waals surface area contributed by atoms with Crippen LogP contribution in [0.3, 0.4) is 0 Å². The van der Waals surface area contributed by atoms with Gasteiger partial charge in [0.15, 0.2) is 5.78 Å². The number of benzene rings is 1. The molecule has 0 aromatic heterocycles. The van der Waals surface area contributed by atoms with Gasteiger partial charge in [-0.25, -0.2) is 0 Å². The predicted molar refractivity (Wildman–Crippen MR) is 92.0 cm³/mol. The molecular weight excluding hydrogens is 290 g/mol. The first-order valence-electron chi connectivity index (χ1n) is 8.53. The summed E-state index contributed by atoms with van der Waals surface area (Å²) in [6.07, 6.45) is 3.99. The highest BCUT2D eigenvalue weighted by Crippen LogP contribution is 2.16. The van der Waals surface area contributed by atoms with E-state index in [2.05, 4.69) is 17.4 Å². The SMILES string of the molecule is CCC(CCCC(C)C(=O)CO)C(=O)NCCc1ccccc1. The van der Waals surface area contributed by atoms with E-state index in [-0.39, 0.29) is 23.5 Å². The maximum absolute atomic E-state index is 12.2. The van der Waals surface area contributed by atoms with Crippen molar-refractivity contribution in [3.05, 3.63) is 35.9 Å². The lowest BCUT2D eigenvalue weighted by molar-refractivity contribution is -0.125. The highest BCUT2D eigenvalue weighted by atomic mass is 16.3. The first-order valence-corrected chi connectivity index (χ1v) is 8.53. The number of hydrogen-bond acceptors (Lipinski definition) is 3. The monoisotopic (exact) mass is 319 g/mol. The van der Waals surface area contributed by atoms with Crippen molar-refractivity contribution >= 4 is 11.7 Å². The fraction of sp³-hybridized carbons (Fsp3) is 0.579. The molecular formula is C19H29NO3. The minimum atomic E-state index is -0.391. The largest absolute Gasteiger partial charge is 0.389 e. The van der Waals surface area contributed by atoms with Gasteiger partial charge in [-0.05, 0) is 31.2 Å². The summed E-state index contributed by atoms with van der Waals surface area (Å²) in [5.74, 6) is -0.143. The van der Waals surface area contributed by atoms with Gasteiger partial charge in [-0.1, -0.05) is 50.6 Å². The number of amides is 1. The fourth-order valence-corrected chi connectivity index (χ4v) is 2.63. The van der Waals surface area contributed by atoms with Gasteiger partial charge in [-0.3, -0.25) is 9.59 Å². The Morgan fingerprint density at radius 2 is 1.87 bits per heavy atom. The number of hydrogen-bond donors (Lipinski definition) is 2. The molecule has 2 atom stereocenters. The zero-order valence-electron chi connectivity index (χ0n) is 14.3. The van der Waals surface area contributed by atoms with Gasteiger partial charge in [-0.2, -0.15) is 0 Å².